The van der Waals surface area contributed by atoms with Crippen LogP contribution in [0.3, 0.4) is 0 Å². The lowest BCUT2D eigenvalue weighted by atomic mass is 9.94. The van der Waals surface area contributed by atoms with E-state index in [2.05, 4.69) is 21.2 Å². The van der Waals surface area contributed by atoms with Crippen LogP contribution in [0.2, 0.25) is 5.02 Å². The first-order valence-electron chi connectivity index (χ1n) is 6.96. The van der Waals surface area contributed by atoms with Gasteiger partial charge in [-0.15, -0.1) is 0 Å². The van der Waals surface area contributed by atoms with E-state index in [0.717, 1.165) is 41.7 Å². The van der Waals surface area contributed by atoms with Gasteiger partial charge in [-0.25, -0.2) is 0 Å². The minimum absolute atomic E-state index is 0.514. The number of hydrogen-bond acceptors (Lipinski definition) is 2. The second-order valence-corrected chi connectivity index (χ2v) is 6.75. The number of halogens is 2. The lowest BCUT2D eigenvalue weighted by Crippen LogP contribution is -2.39. The van der Waals surface area contributed by atoms with E-state index in [1.165, 1.54) is 18.4 Å². The third-order valence-electron chi connectivity index (χ3n) is 3.80. The Kier molecular flexibility index (Phi) is 5.70. The van der Waals surface area contributed by atoms with Gasteiger partial charge in [-0.05, 0) is 46.5 Å². The second kappa shape index (κ2) is 7.07. The van der Waals surface area contributed by atoms with Crippen LogP contribution in [0.1, 0.15) is 44.1 Å². The van der Waals surface area contributed by atoms with E-state index >= 15 is 0 Å². The van der Waals surface area contributed by atoms with Crippen molar-refractivity contribution in [1.82, 2.24) is 5.32 Å². The summed E-state index contributed by atoms with van der Waals surface area (Å²) in [7, 11) is 0. The predicted molar refractivity (Wildman–Crippen MR) is 83.5 cm³/mol. The van der Waals surface area contributed by atoms with Crippen molar-refractivity contribution < 1.29 is 5.11 Å². The Morgan fingerprint density at radius 2 is 1.89 bits per heavy atom. The topological polar surface area (TPSA) is 32.3 Å². The molecule has 4 heteroatoms. The van der Waals surface area contributed by atoms with Crippen LogP contribution in [0.15, 0.2) is 22.7 Å². The highest BCUT2D eigenvalue weighted by atomic mass is 79.9. The van der Waals surface area contributed by atoms with Gasteiger partial charge in [0.05, 0.1) is 10.6 Å². The molecular formula is C15H21BrClNO. The molecule has 106 valence electrons. The SMILES string of the molecule is OC1(CNCc2ccc(Cl)c(Br)c2)CCCCCC1. The molecule has 1 aliphatic rings. The molecule has 2 N–H and O–H groups in total. The van der Waals surface area contributed by atoms with Crippen molar-refractivity contribution in [2.75, 3.05) is 6.54 Å². The van der Waals surface area contributed by atoms with Crippen LogP contribution < -0.4 is 5.32 Å². The Morgan fingerprint density at radius 1 is 1.21 bits per heavy atom. The fourth-order valence-corrected chi connectivity index (χ4v) is 3.20. The number of rotatable bonds is 4. The molecule has 2 rings (SSSR count). The molecule has 2 nitrogen and oxygen atoms in total. The molecule has 1 aliphatic carbocycles. The fourth-order valence-electron chi connectivity index (χ4n) is 2.65. The highest BCUT2D eigenvalue weighted by molar-refractivity contribution is 9.10. The van der Waals surface area contributed by atoms with E-state index in [-0.39, 0.29) is 0 Å². The quantitative estimate of drug-likeness (QED) is 0.798. The molecule has 0 atom stereocenters. The van der Waals surface area contributed by atoms with Gasteiger partial charge >= 0.3 is 0 Å². The van der Waals surface area contributed by atoms with Crippen LogP contribution in [-0.2, 0) is 6.54 Å². The minimum Gasteiger partial charge on any atom is -0.389 e. The Labute approximate surface area is 128 Å². The average molecular weight is 347 g/mol. The van der Waals surface area contributed by atoms with E-state index in [9.17, 15) is 5.11 Å². The van der Waals surface area contributed by atoms with Crippen LogP contribution in [0.4, 0.5) is 0 Å². The van der Waals surface area contributed by atoms with Crippen LogP contribution in [-0.4, -0.2) is 17.3 Å². The molecule has 0 heterocycles. The number of benzene rings is 1. The molecule has 19 heavy (non-hydrogen) atoms. The van der Waals surface area contributed by atoms with Gasteiger partial charge in [0.15, 0.2) is 0 Å². The molecule has 1 aromatic carbocycles. The smallest absolute Gasteiger partial charge is 0.0771 e. The minimum atomic E-state index is -0.514. The van der Waals surface area contributed by atoms with Crippen molar-refractivity contribution in [2.45, 2.75) is 50.7 Å². The van der Waals surface area contributed by atoms with E-state index in [1.807, 2.05) is 18.2 Å². The molecule has 0 saturated heterocycles. The summed E-state index contributed by atoms with van der Waals surface area (Å²) in [6, 6.07) is 5.92. The van der Waals surface area contributed by atoms with Crippen molar-refractivity contribution >= 4 is 27.5 Å². The van der Waals surface area contributed by atoms with E-state index in [1.54, 1.807) is 0 Å². The molecule has 1 saturated carbocycles. The molecule has 1 fully saturated rings. The summed E-state index contributed by atoms with van der Waals surface area (Å²) in [6.45, 7) is 1.44. The van der Waals surface area contributed by atoms with Gasteiger partial charge in [-0.2, -0.15) is 0 Å². The molecule has 0 spiro atoms. The van der Waals surface area contributed by atoms with E-state index < -0.39 is 5.60 Å². The maximum Gasteiger partial charge on any atom is 0.0771 e. The zero-order chi connectivity index (χ0) is 13.7. The summed E-state index contributed by atoms with van der Waals surface area (Å²) in [4.78, 5) is 0. The first kappa shape index (κ1) is 15.3. The second-order valence-electron chi connectivity index (χ2n) is 5.49. The maximum atomic E-state index is 10.5. The number of hydrogen-bond donors (Lipinski definition) is 2. The monoisotopic (exact) mass is 345 g/mol. The van der Waals surface area contributed by atoms with Crippen molar-refractivity contribution in [3.05, 3.63) is 33.3 Å². The molecule has 0 aromatic heterocycles. The standard InChI is InChI=1S/C15H21BrClNO/c16-13-9-12(5-6-14(13)17)10-18-11-15(19)7-3-1-2-4-8-15/h5-6,9,18-19H,1-4,7-8,10-11H2. The summed E-state index contributed by atoms with van der Waals surface area (Å²) < 4.78 is 0.918. The third kappa shape index (κ3) is 4.75. The predicted octanol–water partition coefficient (Wildman–Crippen LogP) is 4.28. The molecule has 0 bridgehead atoms. The molecule has 0 aliphatic heterocycles. The van der Waals surface area contributed by atoms with Gasteiger partial charge in [-0.1, -0.05) is 43.4 Å². The van der Waals surface area contributed by atoms with Gasteiger partial charge in [0.2, 0.25) is 0 Å². The first-order chi connectivity index (χ1) is 9.09. The van der Waals surface area contributed by atoms with Gasteiger partial charge in [-0.3, -0.25) is 0 Å². The average Bonchev–Trinajstić information content (AvgIpc) is 2.59. The van der Waals surface area contributed by atoms with Gasteiger partial charge in [0.25, 0.3) is 0 Å². The summed E-state index contributed by atoms with van der Waals surface area (Å²) in [5.41, 5.74) is 0.661. The highest BCUT2D eigenvalue weighted by Crippen LogP contribution is 2.27. The summed E-state index contributed by atoms with van der Waals surface area (Å²) in [5, 5.41) is 14.6. The summed E-state index contributed by atoms with van der Waals surface area (Å²) in [6.07, 6.45) is 6.64. The molecule has 0 amide bonds. The Morgan fingerprint density at radius 3 is 2.53 bits per heavy atom. The van der Waals surface area contributed by atoms with Crippen LogP contribution in [0, 0.1) is 0 Å². The molecule has 1 aromatic rings. The summed E-state index contributed by atoms with van der Waals surface area (Å²) >= 11 is 9.40. The molecule has 0 unspecified atom stereocenters. The lowest BCUT2D eigenvalue weighted by molar-refractivity contribution is 0.0250. The Balaban J connectivity index is 1.83. The lowest BCUT2D eigenvalue weighted by Gasteiger charge is -2.27. The van der Waals surface area contributed by atoms with Crippen LogP contribution in [0.25, 0.3) is 0 Å². The number of aliphatic hydroxyl groups is 1. The number of nitrogens with one attached hydrogen (secondary N) is 1. The molecular weight excluding hydrogens is 326 g/mol. The third-order valence-corrected chi connectivity index (χ3v) is 5.02. The van der Waals surface area contributed by atoms with E-state index in [0.29, 0.717) is 6.54 Å². The van der Waals surface area contributed by atoms with E-state index in [4.69, 9.17) is 11.6 Å². The van der Waals surface area contributed by atoms with Crippen LogP contribution >= 0.6 is 27.5 Å². The van der Waals surface area contributed by atoms with Crippen molar-refractivity contribution in [2.24, 2.45) is 0 Å². The summed E-state index contributed by atoms with van der Waals surface area (Å²) in [5.74, 6) is 0. The zero-order valence-corrected chi connectivity index (χ0v) is 13.4. The van der Waals surface area contributed by atoms with Crippen molar-refractivity contribution in [3.8, 4) is 0 Å². The Hall–Kier alpha value is -0.0900. The van der Waals surface area contributed by atoms with Gasteiger partial charge in [0.1, 0.15) is 0 Å². The van der Waals surface area contributed by atoms with Crippen molar-refractivity contribution in [1.29, 1.82) is 0 Å². The van der Waals surface area contributed by atoms with Gasteiger partial charge in [0, 0.05) is 17.6 Å². The highest BCUT2D eigenvalue weighted by Gasteiger charge is 2.27. The Bertz CT molecular complexity index is 417. The van der Waals surface area contributed by atoms with Crippen LogP contribution in [0.5, 0.6) is 0 Å². The largest absolute Gasteiger partial charge is 0.389 e. The maximum absolute atomic E-state index is 10.5. The molecule has 0 radical (unpaired) electrons. The first-order valence-corrected chi connectivity index (χ1v) is 8.13. The van der Waals surface area contributed by atoms with Crippen molar-refractivity contribution in [3.63, 3.8) is 0 Å². The fraction of sp³-hybridized carbons (Fsp3) is 0.600. The normalized spacial score (nSPS) is 19.1. The van der Waals surface area contributed by atoms with Gasteiger partial charge < -0.3 is 10.4 Å². The zero-order valence-electron chi connectivity index (χ0n) is 11.1.